The van der Waals surface area contributed by atoms with Crippen molar-refractivity contribution < 1.29 is 29.6 Å². The average Bonchev–Trinajstić information content (AvgIpc) is 3.20. The molecule has 5 rings (SSSR count). The van der Waals surface area contributed by atoms with Gasteiger partial charge in [-0.15, -0.1) is 0 Å². The quantitative estimate of drug-likeness (QED) is 0.279. The zero-order chi connectivity index (χ0) is 27.4. The zero-order valence-corrected chi connectivity index (χ0v) is 23.1. The van der Waals surface area contributed by atoms with Crippen molar-refractivity contribution in [1.29, 1.82) is 0 Å². The van der Waals surface area contributed by atoms with E-state index in [9.17, 15) is 24.9 Å². The number of ether oxygens (including phenoxy) is 1. The topological polar surface area (TPSA) is 130 Å². The van der Waals surface area contributed by atoms with E-state index in [1.807, 2.05) is 0 Å². The van der Waals surface area contributed by atoms with Crippen LogP contribution in [0.4, 0.5) is 5.69 Å². The number of hydrogen-bond acceptors (Lipinski definition) is 6. The van der Waals surface area contributed by atoms with Crippen LogP contribution in [0.15, 0.2) is 18.2 Å². The van der Waals surface area contributed by atoms with Gasteiger partial charge in [0.05, 0.1) is 6.10 Å². The van der Waals surface area contributed by atoms with Crippen LogP contribution in [-0.2, 0) is 9.53 Å². The largest absolute Gasteiger partial charge is 0.507 e. The number of carbonyl (C=O) groups excluding carboxylic acids is 1. The van der Waals surface area contributed by atoms with E-state index >= 15 is 0 Å². The maximum absolute atomic E-state index is 12.8. The van der Waals surface area contributed by atoms with Gasteiger partial charge in [0, 0.05) is 18.2 Å². The molecule has 0 aliphatic heterocycles. The van der Waals surface area contributed by atoms with Crippen molar-refractivity contribution in [3.8, 4) is 5.75 Å². The van der Waals surface area contributed by atoms with Crippen molar-refractivity contribution in [3.05, 3.63) is 23.8 Å². The lowest BCUT2D eigenvalue weighted by Crippen LogP contribution is -2.58. The molecule has 0 heterocycles. The number of nitrogen functional groups attached to an aromatic ring is 1. The number of carbonyl (C=O) groups is 2. The van der Waals surface area contributed by atoms with E-state index in [-0.39, 0.29) is 46.7 Å². The Hall–Kier alpha value is -2.28. The summed E-state index contributed by atoms with van der Waals surface area (Å²) in [5.74, 6) is 1.03. The fourth-order valence-electron chi connectivity index (χ4n) is 9.75. The number of rotatable bonds is 6. The summed E-state index contributed by atoms with van der Waals surface area (Å²) < 4.78 is 5.87. The van der Waals surface area contributed by atoms with Gasteiger partial charge in [-0.05, 0) is 116 Å². The third kappa shape index (κ3) is 4.59. The van der Waals surface area contributed by atoms with Gasteiger partial charge in [-0.25, -0.2) is 4.79 Å². The molecule has 1 unspecified atom stereocenters. The van der Waals surface area contributed by atoms with Gasteiger partial charge in [0.25, 0.3) is 0 Å². The molecule has 0 bridgehead atoms. The predicted octanol–water partition coefficient (Wildman–Crippen LogP) is 5.63. The fraction of sp³-hybridized carbons (Fsp3) is 0.742. The Morgan fingerprint density at radius 2 is 1.79 bits per heavy atom. The maximum atomic E-state index is 12.8. The molecule has 4 aliphatic carbocycles. The Kier molecular flexibility index (Phi) is 7.21. The number of benzene rings is 1. The second-order valence-corrected chi connectivity index (χ2v) is 13.5. The molecule has 7 nitrogen and oxygen atoms in total. The molecule has 4 saturated carbocycles. The smallest absolute Gasteiger partial charge is 0.342 e. The molecule has 0 saturated heterocycles. The first-order chi connectivity index (χ1) is 17.9. The summed E-state index contributed by atoms with van der Waals surface area (Å²) in [5.41, 5.74) is 6.50. The summed E-state index contributed by atoms with van der Waals surface area (Å²) in [4.78, 5) is 24.0. The lowest BCUT2D eigenvalue weighted by atomic mass is 9.43. The number of phenolic OH excluding ortho intramolecular Hbond substituents is 1. The van der Waals surface area contributed by atoms with Gasteiger partial charge in [0.15, 0.2) is 0 Å². The van der Waals surface area contributed by atoms with Crippen LogP contribution in [0.5, 0.6) is 5.75 Å². The zero-order valence-electron chi connectivity index (χ0n) is 23.1. The van der Waals surface area contributed by atoms with Crippen molar-refractivity contribution in [2.45, 2.75) is 97.2 Å². The number of fused-ring (bicyclic) bond motifs is 5. The molecule has 1 aromatic carbocycles. The molecular weight excluding hydrogens is 482 g/mol. The number of nitrogens with two attached hydrogens (primary N) is 1. The fourth-order valence-corrected chi connectivity index (χ4v) is 9.75. The number of aliphatic carboxylic acids is 1. The number of aromatic hydroxyl groups is 1. The van der Waals surface area contributed by atoms with Crippen molar-refractivity contribution in [1.82, 2.24) is 0 Å². The highest BCUT2D eigenvalue weighted by Gasteiger charge is 2.63. The molecule has 7 heteroatoms. The van der Waals surface area contributed by atoms with Gasteiger partial charge in [-0.3, -0.25) is 4.79 Å². The molecule has 210 valence electrons. The van der Waals surface area contributed by atoms with E-state index in [1.54, 1.807) is 6.07 Å². The SMILES string of the molecule is C[C@H](CCC(=O)O)[C@H]1CC[C@H]2[C@@H]3[C@@H](O)CC4C[C@@H](OC(=O)c5ccc(N)cc5O)CC[C@]4(C)[C@H]3CC[C@]12C. The van der Waals surface area contributed by atoms with Crippen molar-refractivity contribution >= 4 is 17.6 Å². The maximum Gasteiger partial charge on any atom is 0.342 e. The second-order valence-electron chi connectivity index (χ2n) is 13.5. The second kappa shape index (κ2) is 10.0. The van der Waals surface area contributed by atoms with Crippen LogP contribution in [0, 0.1) is 46.3 Å². The van der Waals surface area contributed by atoms with Gasteiger partial charge in [-0.1, -0.05) is 20.8 Å². The number of anilines is 1. The number of carboxylic acids is 1. The summed E-state index contributed by atoms with van der Waals surface area (Å²) >= 11 is 0. The van der Waals surface area contributed by atoms with Gasteiger partial charge in [0.1, 0.15) is 17.4 Å². The molecular formula is C31H45NO6. The highest BCUT2D eigenvalue weighted by Crippen LogP contribution is 2.68. The van der Waals surface area contributed by atoms with Crippen LogP contribution in [-0.4, -0.2) is 39.5 Å². The molecule has 4 fully saturated rings. The minimum atomic E-state index is -0.714. The first kappa shape index (κ1) is 27.3. The highest BCUT2D eigenvalue weighted by atomic mass is 16.5. The molecule has 0 spiro atoms. The summed E-state index contributed by atoms with van der Waals surface area (Å²) in [7, 11) is 0. The van der Waals surface area contributed by atoms with Crippen LogP contribution >= 0.6 is 0 Å². The summed E-state index contributed by atoms with van der Waals surface area (Å²) in [6.07, 6.45) is 8.15. The average molecular weight is 528 g/mol. The van der Waals surface area contributed by atoms with E-state index in [0.29, 0.717) is 35.3 Å². The molecule has 1 aromatic rings. The first-order valence-electron chi connectivity index (χ1n) is 14.6. The lowest BCUT2D eigenvalue weighted by Gasteiger charge is -2.62. The third-order valence-corrected chi connectivity index (χ3v) is 11.7. The standard InChI is InChI=1S/C31H45NO6/c1-17(4-9-27(35)36)22-7-8-23-28-24(11-13-31(22,23)3)30(2)12-10-20(14-18(30)15-26(28)34)38-29(37)21-6-5-19(32)16-25(21)33/h5-6,16-18,20,22-24,26,28,33-34H,4,7-15,32H2,1-3H3,(H,35,36)/t17-,18?,20+,22-,23+,24+,26+,28+,30+,31-/m1/s1. The van der Waals surface area contributed by atoms with Gasteiger partial charge in [-0.2, -0.15) is 0 Å². The first-order valence-corrected chi connectivity index (χ1v) is 14.6. The van der Waals surface area contributed by atoms with Crippen LogP contribution in [0.3, 0.4) is 0 Å². The molecule has 5 N–H and O–H groups in total. The number of aliphatic hydroxyl groups excluding tert-OH is 1. The Labute approximate surface area is 226 Å². The van der Waals surface area contributed by atoms with Crippen molar-refractivity contribution in [2.24, 2.45) is 46.3 Å². The van der Waals surface area contributed by atoms with Crippen LogP contribution in [0.25, 0.3) is 0 Å². The number of phenols is 1. The van der Waals surface area contributed by atoms with Crippen LogP contribution in [0.2, 0.25) is 0 Å². The highest BCUT2D eigenvalue weighted by molar-refractivity contribution is 5.93. The Morgan fingerprint density at radius 3 is 2.50 bits per heavy atom. The molecule has 0 radical (unpaired) electrons. The predicted molar refractivity (Wildman–Crippen MR) is 144 cm³/mol. The molecule has 38 heavy (non-hydrogen) atoms. The van der Waals surface area contributed by atoms with E-state index in [1.165, 1.54) is 12.1 Å². The number of esters is 1. The molecule has 0 amide bonds. The van der Waals surface area contributed by atoms with Crippen LogP contribution < -0.4 is 5.73 Å². The van der Waals surface area contributed by atoms with Gasteiger partial charge < -0.3 is 25.8 Å². The van der Waals surface area contributed by atoms with Crippen LogP contribution in [0.1, 0.15) is 95.3 Å². The summed E-state index contributed by atoms with van der Waals surface area (Å²) in [6.45, 7) is 7.07. The van der Waals surface area contributed by atoms with Crippen molar-refractivity contribution in [2.75, 3.05) is 5.73 Å². The lowest BCUT2D eigenvalue weighted by molar-refractivity contribution is -0.174. The molecule has 4 aliphatic rings. The number of carboxylic acid groups (broad SMARTS) is 1. The summed E-state index contributed by atoms with van der Waals surface area (Å²) in [5, 5.41) is 30.9. The van der Waals surface area contributed by atoms with Gasteiger partial charge in [0.2, 0.25) is 0 Å². The van der Waals surface area contributed by atoms with E-state index in [0.717, 1.165) is 57.8 Å². The Balaban J connectivity index is 1.28. The van der Waals surface area contributed by atoms with Crippen molar-refractivity contribution in [3.63, 3.8) is 0 Å². The molecule has 10 atom stereocenters. The Bertz CT molecular complexity index is 1070. The molecule has 0 aromatic heterocycles. The monoisotopic (exact) mass is 527 g/mol. The third-order valence-electron chi connectivity index (χ3n) is 11.7. The van der Waals surface area contributed by atoms with E-state index in [4.69, 9.17) is 10.5 Å². The van der Waals surface area contributed by atoms with Gasteiger partial charge >= 0.3 is 11.9 Å². The minimum absolute atomic E-state index is 0.116. The van der Waals surface area contributed by atoms with E-state index < -0.39 is 11.9 Å². The number of aliphatic hydroxyl groups is 1. The Morgan fingerprint density at radius 1 is 1.08 bits per heavy atom. The number of hydrogen-bond donors (Lipinski definition) is 4. The normalized spacial score (nSPS) is 40.9. The van der Waals surface area contributed by atoms with E-state index in [2.05, 4.69) is 20.8 Å². The minimum Gasteiger partial charge on any atom is -0.507 e. The summed E-state index contributed by atoms with van der Waals surface area (Å²) in [6, 6.07) is 4.46.